The Morgan fingerprint density at radius 2 is 1.74 bits per heavy atom. The predicted molar refractivity (Wildman–Crippen MR) is 75.2 cm³/mol. The second-order valence-corrected chi connectivity index (χ2v) is 7.11. The van der Waals surface area contributed by atoms with E-state index >= 15 is 0 Å². The summed E-state index contributed by atoms with van der Waals surface area (Å²) in [6.45, 7) is 13.5. The topological polar surface area (TPSA) is 32.8 Å². The van der Waals surface area contributed by atoms with Crippen LogP contribution in [0.5, 0.6) is 0 Å². The Morgan fingerprint density at radius 1 is 1.11 bits per heavy atom. The number of hydrogen-bond acceptors (Lipinski definition) is 3. The minimum atomic E-state index is -0.226. The zero-order valence-corrected chi connectivity index (χ0v) is 12.8. The van der Waals surface area contributed by atoms with Gasteiger partial charge in [-0.2, -0.15) is 0 Å². The lowest BCUT2D eigenvalue weighted by Gasteiger charge is -2.46. The van der Waals surface area contributed by atoms with Gasteiger partial charge in [-0.25, -0.2) is 0 Å². The minimum Gasteiger partial charge on any atom is -0.482 e. The van der Waals surface area contributed by atoms with E-state index in [9.17, 15) is 4.79 Å². The highest BCUT2D eigenvalue weighted by Gasteiger charge is 2.38. The first-order chi connectivity index (χ1) is 8.60. The van der Waals surface area contributed by atoms with Gasteiger partial charge in [0.25, 0.3) is 5.91 Å². The van der Waals surface area contributed by atoms with Crippen LogP contribution in [0.4, 0.5) is 0 Å². The lowest BCUT2D eigenvalue weighted by atomic mass is 9.99. The van der Waals surface area contributed by atoms with Crippen molar-refractivity contribution >= 4 is 5.91 Å². The van der Waals surface area contributed by atoms with Gasteiger partial charge in [0, 0.05) is 17.3 Å². The number of allylic oxidation sites excluding steroid dienone is 1. The largest absolute Gasteiger partial charge is 0.482 e. The van der Waals surface area contributed by atoms with Crippen molar-refractivity contribution in [3.8, 4) is 0 Å². The van der Waals surface area contributed by atoms with Gasteiger partial charge >= 0.3 is 0 Å². The number of amides is 1. The first-order valence-electron chi connectivity index (χ1n) is 6.74. The van der Waals surface area contributed by atoms with E-state index in [0.29, 0.717) is 6.54 Å². The van der Waals surface area contributed by atoms with E-state index in [2.05, 4.69) is 52.6 Å². The molecule has 2 aliphatic heterocycles. The Balaban J connectivity index is 2.37. The Bertz CT molecular complexity index is 450. The molecule has 0 bridgehead atoms. The summed E-state index contributed by atoms with van der Waals surface area (Å²) in [5.41, 5.74) is 0.774. The normalized spacial score (nSPS) is 20.6. The van der Waals surface area contributed by atoms with Crippen LogP contribution in [-0.2, 0) is 9.53 Å². The molecule has 0 saturated heterocycles. The zero-order chi connectivity index (χ0) is 14.4. The van der Waals surface area contributed by atoms with Crippen LogP contribution in [0, 0.1) is 0 Å². The Kier molecular flexibility index (Phi) is 3.15. The molecule has 0 saturated carbocycles. The van der Waals surface area contributed by atoms with Crippen molar-refractivity contribution < 1.29 is 9.53 Å². The summed E-state index contributed by atoms with van der Waals surface area (Å²) in [5, 5.41) is 0. The zero-order valence-electron chi connectivity index (χ0n) is 12.8. The molecule has 0 aromatic rings. The summed E-state index contributed by atoms with van der Waals surface area (Å²) < 4.78 is 5.56. The molecule has 0 aliphatic carbocycles. The molecule has 2 aliphatic rings. The fourth-order valence-corrected chi connectivity index (χ4v) is 2.45. The average Bonchev–Trinajstić information content (AvgIpc) is 2.24. The Morgan fingerprint density at radius 3 is 2.26 bits per heavy atom. The molecule has 106 valence electrons. The molecule has 0 aromatic carbocycles. The molecule has 2 heterocycles. The average molecular weight is 264 g/mol. The number of rotatable bonds is 0. The van der Waals surface area contributed by atoms with E-state index in [1.54, 1.807) is 0 Å². The fraction of sp³-hybridized carbons (Fsp3) is 0.667. The van der Waals surface area contributed by atoms with Crippen molar-refractivity contribution in [3.63, 3.8) is 0 Å². The van der Waals surface area contributed by atoms with Gasteiger partial charge in [0.1, 0.15) is 5.76 Å². The van der Waals surface area contributed by atoms with Gasteiger partial charge in [0.15, 0.2) is 6.61 Å². The first kappa shape index (κ1) is 14.0. The molecule has 0 fully saturated rings. The summed E-state index contributed by atoms with van der Waals surface area (Å²) in [7, 11) is 0. The van der Waals surface area contributed by atoms with E-state index in [0.717, 1.165) is 11.5 Å². The minimum absolute atomic E-state index is 0.0269. The second kappa shape index (κ2) is 4.29. The molecule has 0 radical (unpaired) electrons. The van der Waals surface area contributed by atoms with Gasteiger partial charge in [-0.1, -0.05) is 0 Å². The number of carbonyl (C=O) groups excluding carboxylic acids is 1. The highest BCUT2D eigenvalue weighted by atomic mass is 16.5. The van der Waals surface area contributed by atoms with E-state index in [1.807, 2.05) is 11.0 Å². The van der Waals surface area contributed by atoms with Crippen molar-refractivity contribution in [2.75, 3.05) is 13.2 Å². The van der Waals surface area contributed by atoms with Gasteiger partial charge in [-0.05, 0) is 47.6 Å². The first-order valence-corrected chi connectivity index (χ1v) is 6.74. The van der Waals surface area contributed by atoms with Crippen molar-refractivity contribution in [1.29, 1.82) is 0 Å². The van der Waals surface area contributed by atoms with E-state index in [4.69, 9.17) is 4.74 Å². The van der Waals surface area contributed by atoms with E-state index in [1.165, 1.54) is 0 Å². The molecule has 19 heavy (non-hydrogen) atoms. The monoisotopic (exact) mass is 264 g/mol. The second-order valence-electron chi connectivity index (χ2n) is 7.11. The third-order valence-corrected chi connectivity index (χ3v) is 3.41. The number of nitrogens with zero attached hydrogens (tertiary/aromatic N) is 2. The predicted octanol–water partition coefficient (Wildman–Crippen LogP) is 2.48. The Labute approximate surface area is 115 Å². The maximum absolute atomic E-state index is 12.2. The summed E-state index contributed by atoms with van der Waals surface area (Å²) in [6, 6.07) is 0. The van der Waals surface area contributed by atoms with Gasteiger partial charge in [0.05, 0.1) is 12.2 Å². The van der Waals surface area contributed by atoms with Crippen LogP contribution in [0.25, 0.3) is 0 Å². The highest BCUT2D eigenvalue weighted by molar-refractivity contribution is 5.81. The molecule has 2 rings (SSSR count). The molecule has 0 N–H and O–H groups in total. The summed E-state index contributed by atoms with van der Waals surface area (Å²) >= 11 is 0. The molecular formula is C15H24N2O2. The number of carbonyl (C=O) groups is 1. The summed E-state index contributed by atoms with van der Waals surface area (Å²) in [6.07, 6.45) is 4.02. The molecule has 1 amide bonds. The smallest absolute Gasteiger partial charge is 0.265 e. The van der Waals surface area contributed by atoms with Crippen molar-refractivity contribution in [2.24, 2.45) is 0 Å². The fourth-order valence-electron chi connectivity index (χ4n) is 2.45. The van der Waals surface area contributed by atoms with Gasteiger partial charge in [-0.15, -0.1) is 0 Å². The molecule has 0 aromatic heterocycles. The quantitative estimate of drug-likeness (QED) is 0.674. The van der Waals surface area contributed by atoms with Crippen LogP contribution < -0.4 is 0 Å². The number of ether oxygens (including phenoxy) is 1. The standard InChI is InChI=1S/C15H24N2O2/c1-14(2,3)16-8-7-12-11(9-16)17(15(4,5)6)13(18)10-19-12/h7-8H,9-10H2,1-6H3. The SMILES string of the molecule is CC(C)(C)N1C=CC2=C(C1)N(C(C)(C)C)C(=O)CO2. The summed E-state index contributed by atoms with van der Waals surface area (Å²) in [4.78, 5) is 16.3. The van der Waals surface area contributed by atoms with Crippen LogP contribution in [0.15, 0.2) is 23.7 Å². The van der Waals surface area contributed by atoms with Crippen LogP contribution in [0.3, 0.4) is 0 Å². The Hall–Kier alpha value is -1.45. The lowest BCUT2D eigenvalue weighted by molar-refractivity contribution is -0.140. The molecule has 0 spiro atoms. The maximum atomic E-state index is 12.2. The van der Waals surface area contributed by atoms with E-state index < -0.39 is 0 Å². The van der Waals surface area contributed by atoms with Crippen LogP contribution >= 0.6 is 0 Å². The molecular weight excluding hydrogens is 240 g/mol. The van der Waals surface area contributed by atoms with Gasteiger partial charge < -0.3 is 14.5 Å². The van der Waals surface area contributed by atoms with E-state index in [-0.39, 0.29) is 23.6 Å². The molecule has 0 unspecified atom stereocenters. The third kappa shape index (κ3) is 2.62. The van der Waals surface area contributed by atoms with Crippen molar-refractivity contribution in [3.05, 3.63) is 23.7 Å². The van der Waals surface area contributed by atoms with Crippen molar-refractivity contribution in [2.45, 2.75) is 52.6 Å². The molecule has 4 heteroatoms. The maximum Gasteiger partial charge on any atom is 0.265 e. The van der Waals surface area contributed by atoms with Crippen LogP contribution in [-0.4, -0.2) is 39.9 Å². The van der Waals surface area contributed by atoms with Crippen LogP contribution in [0.1, 0.15) is 41.5 Å². The van der Waals surface area contributed by atoms with Gasteiger partial charge in [-0.3, -0.25) is 4.79 Å². The highest BCUT2D eigenvalue weighted by Crippen LogP contribution is 2.32. The lowest BCUT2D eigenvalue weighted by Crippen LogP contribution is -2.53. The van der Waals surface area contributed by atoms with Crippen molar-refractivity contribution in [1.82, 2.24) is 9.80 Å². The molecule has 4 nitrogen and oxygen atoms in total. The summed E-state index contributed by atoms with van der Waals surface area (Å²) in [5.74, 6) is 0.866. The molecule has 0 atom stereocenters. The van der Waals surface area contributed by atoms with Crippen LogP contribution in [0.2, 0.25) is 0 Å². The number of hydrogen-bond donors (Lipinski definition) is 0. The third-order valence-electron chi connectivity index (χ3n) is 3.41. The van der Waals surface area contributed by atoms with Gasteiger partial charge in [0.2, 0.25) is 0 Å².